The van der Waals surface area contributed by atoms with Crippen LogP contribution in [0.2, 0.25) is 0 Å². The smallest absolute Gasteiger partial charge is 0.213 e. The van der Waals surface area contributed by atoms with E-state index in [2.05, 4.69) is 5.32 Å². The molecule has 0 aromatic rings. The summed E-state index contributed by atoms with van der Waals surface area (Å²) < 4.78 is 5.41. The number of hydrogen-bond donors (Lipinski definition) is 1. The van der Waals surface area contributed by atoms with Gasteiger partial charge in [0.25, 0.3) is 0 Å². The fourth-order valence-corrected chi connectivity index (χ4v) is 2.15. The number of ketones is 1. The van der Waals surface area contributed by atoms with E-state index in [4.69, 9.17) is 4.74 Å². The highest BCUT2D eigenvalue weighted by Gasteiger charge is 2.24. The average molecular weight is 209 g/mol. The first-order chi connectivity index (χ1) is 7.38. The first-order valence-electron chi connectivity index (χ1n) is 5.98. The minimum Gasteiger partial charge on any atom is -0.490 e. The highest BCUT2D eigenvalue weighted by atomic mass is 16.5. The topological polar surface area (TPSA) is 38.3 Å². The van der Waals surface area contributed by atoms with Crippen LogP contribution in [0.5, 0.6) is 0 Å². The first-order valence-corrected chi connectivity index (χ1v) is 5.98. The predicted octanol–water partition coefficient (Wildman–Crippen LogP) is 1.78. The molecule has 3 heteroatoms. The van der Waals surface area contributed by atoms with Crippen molar-refractivity contribution in [2.75, 3.05) is 13.2 Å². The largest absolute Gasteiger partial charge is 0.490 e. The van der Waals surface area contributed by atoms with Crippen LogP contribution in [0.25, 0.3) is 0 Å². The van der Waals surface area contributed by atoms with Crippen molar-refractivity contribution in [2.45, 2.75) is 44.6 Å². The maximum absolute atomic E-state index is 12.1. The molecule has 2 rings (SSSR count). The van der Waals surface area contributed by atoms with Gasteiger partial charge in [0.15, 0.2) is 5.76 Å². The Balaban J connectivity index is 1.95. The zero-order valence-corrected chi connectivity index (χ0v) is 9.13. The van der Waals surface area contributed by atoms with E-state index in [1.54, 1.807) is 0 Å². The van der Waals surface area contributed by atoms with Crippen molar-refractivity contribution in [1.82, 2.24) is 5.32 Å². The van der Waals surface area contributed by atoms with E-state index in [0.717, 1.165) is 32.2 Å². The third kappa shape index (κ3) is 2.81. The van der Waals surface area contributed by atoms with Crippen LogP contribution in [0, 0.1) is 0 Å². The highest BCUT2D eigenvalue weighted by Crippen LogP contribution is 2.16. The number of Topliss-reactive ketones (excluding diaryl/α,β-unsaturated/α-hetero) is 1. The second-order valence-corrected chi connectivity index (χ2v) is 4.28. The zero-order valence-electron chi connectivity index (χ0n) is 9.13. The third-order valence-electron chi connectivity index (χ3n) is 3.06. The maximum Gasteiger partial charge on any atom is 0.213 e. The third-order valence-corrected chi connectivity index (χ3v) is 3.06. The van der Waals surface area contributed by atoms with Gasteiger partial charge < -0.3 is 10.1 Å². The molecular weight excluding hydrogens is 190 g/mol. The Hall–Kier alpha value is -0.830. The number of nitrogens with one attached hydrogen (secondary N) is 1. The summed E-state index contributed by atoms with van der Waals surface area (Å²) in [6, 6.07) is -0.00292. The monoisotopic (exact) mass is 209 g/mol. The fraction of sp³-hybridized carbons (Fsp3) is 0.750. The van der Waals surface area contributed by atoms with E-state index in [-0.39, 0.29) is 11.8 Å². The Kier molecular flexibility index (Phi) is 3.78. The molecule has 2 aliphatic heterocycles. The number of rotatable bonds is 2. The molecule has 1 fully saturated rings. The minimum absolute atomic E-state index is 0.00292. The fourth-order valence-electron chi connectivity index (χ4n) is 2.15. The van der Waals surface area contributed by atoms with Gasteiger partial charge in [0.05, 0.1) is 12.6 Å². The number of carbonyl (C=O) groups is 1. The van der Waals surface area contributed by atoms with Gasteiger partial charge in [0.2, 0.25) is 5.78 Å². The second-order valence-electron chi connectivity index (χ2n) is 4.28. The molecule has 0 spiro atoms. The molecule has 3 nitrogen and oxygen atoms in total. The Labute approximate surface area is 90.9 Å². The number of ether oxygens (including phenoxy) is 1. The summed E-state index contributed by atoms with van der Waals surface area (Å²) in [5.74, 6) is 0.761. The average Bonchev–Trinajstić information content (AvgIpc) is 2.58. The van der Waals surface area contributed by atoms with Crippen molar-refractivity contribution in [2.24, 2.45) is 0 Å². The second kappa shape index (κ2) is 5.31. The quantitative estimate of drug-likeness (QED) is 0.753. The van der Waals surface area contributed by atoms with E-state index < -0.39 is 0 Å². The molecule has 1 atom stereocenters. The molecule has 15 heavy (non-hydrogen) atoms. The summed E-state index contributed by atoms with van der Waals surface area (Å²) in [5, 5.41) is 3.31. The van der Waals surface area contributed by atoms with Gasteiger partial charge in [-0.2, -0.15) is 0 Å². The lowest BCUT2D eigenvalue weighted by Crippen LogP contribution is -2.37. The lowest BCUT2D eigenvalue weighted by molar-refractivity contribution is -0.121. The lowest BCUT2D eigenvalue weighted by Gasteiger charge is -2.19. The van der Waals surface area contributed by atoms with Gasteiger partial charge >= 0.3 is 0 Å². The molecule has 0 bridgehead atoms. The molecule has 1 unspecified atom stereocenters. The minimum atomic E-state index is -0.00292. The van der Waals surface area contributed by atoms with E-state index in [9.17, 15) is 4.79 Å². The van der Waals surface area contributed by atoms with Crippen molar-refractivity contribution in [3.05, 3.63) is 11.8 Å². The van der Waals surface area contributed by atoms with E-state index in [0.29, 0.717) is 12.4 Å². The maximum atomic E-state index is 12.1. The lowest BCUT2D eigenvalue weighted by atomic mass is 10.0. The Bertz CT molecular complexity index is 252. The molecule has 0 aromatic carbocycles. The molecule has 0 aromatic heterocycles. The van der Waals surface area contributed by atoms with Crippen LogP contribution in [0.3, 0.4) is 0 Å². The Morgan fingerprint density at radius 1 is 1.33 bits per heavy atom. The van der Waals surface area contributed by atoms with Gasteiger partial charge in [-0.1, -0.05) is 12.8 Å². The number of allylic oxidation sites excluding steroid dienone is 1. The highest BCUT2D eigenvalue weighted by molar-refractivity contribution is 5.97. The van der Waals surface area contributed by atoms with E-state index in [1.807, 2.05) is 6.08 Å². The normalized spacial score (nSPS) is 27.5. The molecular formula is C12H19NO2. The summed E-state index contributed by atoms with van der Waals surface area (Å²) in [6.07, 6.45) is 8.48. The van der Waals surface area contributed by atoms with E-state index >= 15 is 0 Å². The van der Waals surface area contributed by atoms with Crippen molar-refractivity contribution >= 4 is 5.78 Å². The molecule has 84 valence electrons. The molecule has 2 aliphatic rings. The zero-order chi connectivity index (χ0) is 10.5. The summed E-state index contributed by atoms with van der Waals surface area (Å²) in [7, 11) is 0. The predicted molar refractivity (Wildman–Crippen MR) is 58.5 cm³/mol. The van der Waals surface area contributed by atoms with Crippen molar-refractivity contribution in [1.29, 1.82) is 0 Å². The van der Waals surface area contributed by atoms with Crippen LogP contribution >= 0.6 is 0 Å². The van der Waals surface area contributed by atoms with Gasteiger partial charge in [-0.25, -0.2) is 0 Å². The summed E-state index contributed by atoms with van der Waals surface area (Å²) in [5.41, 5.74) is 0. The van der Waals surface area contributed by atoms with Gasteiger partial charge in [-0.05, 0) is 38.3 Å². The van der Waals surface area contributed by atoms with Crippen LogP contribution < -0.4 is 5.32 Å². The Morgan fingerprint density at radius 2 is 2.27 bits per heavy atom. The Morgan fingerprint density at radius 3 is 3.07 bits per heavy atom. The summed E-state index contributed by atoms with van der Waals surface area (Å²) in [4.78, 5) is 12.1. The molecule has 1 saturated heterocycles. The molecule has 0 amide bonds. The van der Waals surface area contributed by atoms with Crippen LogP contribution in [0.4, 0.5) is 0 Å². The SMILES string of the molecule is O=C(C1=CCCCO1)C1CCCCCN1. The molecule has 0 saturated carbocycles. The number of hydrogen-bond acceptors (Lipinski definition) is 3. The molecule has 0 aliphatic carbocycles. The molecule has 1 N–H and O–H groups in total. The summed E-state index contributed by atoms with van der Waals surface area (Å²) >= 11 is 0. The summed E-state index contributed by atoms with van der Waals surface area (Å²) in [6.45, 7) is 1.66. The standard InChI is InChI=1S/C12H19NO2/c14-12(11-7-3-5-9-15-11)10-6-2-1-4-8-13-10/h7,10,13H,1-6,8-9H2. The van der Waals surface area contributed by atoms with Gasteiger partial charge in [0, 0.05) is 0 Å². The van der Waals surface area contributed by atoms with Gasteiger partial charge in [-0.3, -0.25) is 4.79 Å². The van der Waals surface area contributed by atoms with Gasteiger partial charge in [-0.15, -0.1) is 0 Å². The number of carbonyl (C=O) groups excluding carboxylic acids is 1. The molecule has 0 radical (unpaired) electrons. The van der Waals surface area contributed by atoms with Crippen LogP contribution in [-0.4, -0.2) is 25.0 Å². The van der Waals surface area contributed by atoms with Crippen molar-refractivity contribution in [3.8, 4) is 0 Å². The van der Waals surface area contributed by atoms with Crippen LogP contribution in [0.1, 0.15) is 38.5 Å². The van der Waals surface area contributed by atoms with Gasteiger partial charge in [0.1, 0.15) is 0 Å². The first kappa shape index (κ1) is 10.7. The van der Waals surface area contributed by atoms with Crippen LogP contribution in [0.15, 0.2) is 11.8 Å². The van der Waals surface area contributed by atoms with E-state index in [1.165, 1.54) is 12.8 Å². The van der Waals surface area contributed by atoms with Crippen molar-refractivity contribution in [3.63, 3.8) is 0 Å². The van der Waals surface area contributed by atoms with Crippen LogP contribution in [-0.2, 0) is 9.53 Å². The molecule has 2 heterocycles. The van der Waals surface area contributed by atoms with Crippen molar-refractivity contribution < 1.29 is 9.53 Å².